The fourth-order valence-corrected chi connectivity index (χ4v) is 2.21. The number of hydrogen-bond acceptors (Lipinski definition) is 3. The summed E-state index contributed by atoms with van der Waals surface area (Å²) in [6.07, 6.45) is 0.691. The molecule has 1 heterocycles. The number of carbonyl (C=O) groups excluding carboxylic acids is 2. The highest BCUT2D eigenvalue weighted by atomic mass is 35.5. The number of fused-ring (bicyclic) bond motifs is 1. The summed E-state index contributed by atoms with van der Waals surface area (Å²) < 4.78 is 13.5. The quantitative estimate of drug-likeness (QED) is 0.665. The summed E-state index contributed by atoms with van der Waals surface area (Å²) >= 11 is 5.63. The van der Waals surface area contributed by atoms with Gasteiger partial charge in [0.25, 0.3) is 11.7 Å². The normalized spacial score (nSPS) is 14.2. The summed E-state index contributed by atoms with van der Waals surface area (Å²) in [4.78, 5) is 24.9. The van der Waals surface area contributed by atoms with E-state index in [1.54, 1.807) is 0 Å². The van der Waals surface area contributed by atoms with Gasteiger partial charge in [0.05, 0.1) is 16.3 Å². The van der Waals surface area contributed by atoms with Gasteiger partial charge in [-0.15, -0.1) is 0 Å². The van der Waals surface area contributed by atoms with Crippen LogP contribution in [-0.4, -0.2) is 31.3 Å². The molecule has 0 fully saturated rings. The van der Waals surface area contributed by atoms with E-state index in [-0.39, 0.29) is 10.6 Å². The Kier molecular flexibility index (Phi) is 4.17. The van der Waals surface area contributed by atoms with E-state index in [2.05, 4.69) is 5.32 Å². The van der Waals surface area contributed by atoms with Crippen molar-refractivity contribution >= 4 is 29.0 Å². The number of amides is 1. The van der Waals surface area contributed by atoms with Gasteiger partial charge in [-0.1, -0.05) is 18.5 Å². The summed E-state index contributed by atoms with van der Waals surface area (Å²) in [5.74, 6) is -1.87. The van der Waals surface area contributed by atoms with Gasteiger partial charge in [0.1, 0.15) is 5.82 Å². The monoisotopic (exact) mass is 284 g/mol. The molecule has 0 aromatic heterocycles. The van der Waals surface area contributed by atoms with Crippen LogP contribution in [0.5, 0.6) is 0 Å². The molecular weight excluding hydrogens is 271 g/mol. The number of hydrogen-bond donors (Lipinski definition) is 1. The Morgan fingerprint density at radius 3 is 2.79 bits per heavy atom. The van der Waals surface area contributed by atoms with E-state index >= 15 is 0 Å². The highest BCUT2D eigenvalue weighted by Gasteiger charge is 2.36. The van der Waals surface area contributed by atoms with E-state index in [1.165, 1.54) is 11.0 Å². The highest BCUT2D eigenvalue weighted by molar-refractivity contribution is 6.52. The first-order valence-electron chi connectivity index (χ1n) is 6.12. The SMILES string of the molecule is CCNCCCN1C(=O)C(=O)c2cc(Cl)c(F)cc21. The molecule has 1 aliphatic rings. The lowest BCUT2D eigenvalue weighted by Crippen LogP contribution is -2.32. The minimum Gasteiger partial charge on any atom is -0.317 e. The molecule has 102 valence electrons. The van der Waals surface area contributed by atoms with Gasteiger partial charge in [0, 0.05) is 6.54 Å². The van der Waals surface area contributed by atoms with Crippen molar-refractivity contribution in [2.75, 3.05) is 24.5 Å². The number of carbonyl (C=O) groups is 2. The van der Waals surface area contributed by atoms with Crippen molar-refractivity contribution in [2.45, 2.75) is 13.3 Å². The Morgan fingerprint density at radius 2 is 2.11 bits per heavy atom. The molecule has 0 saturated carbocycles. The first-order valence-corrected chi connectivity index (χ1v) is 6.50. The third-order valence-electron chi connectivity index (χ3n) is 3.00. The fourth-order valence-electron chi connectivity index (χ4n) is 2.05. The van der Waals surface area contributed by atoms with Crippen LogP contribution >= 0.6 is 11.6 Å². The predicted octanol–water partition coefficient (Wildman–Crippen LogP) is 2.01. The zero-order valence-corrected chi connectivity index (χ0v) is 11.3. The molecule has 1 aromatic rings. The summed E-state index contributed by atoms with van der Waals surface area (Å²) in [7, 11) is 0. The first kappa shape index (κ1) is 14.0. The van der Waals surface area contributed by atoms with E-state index in [1.807, 2.05) is 6.92 Å². The second-order valence-electron chi connectivity index (χ2n) is 4.28. The lowest BCUT2D eigenvalue weighted by molar-refractivity contribution is -0.114. The lowest BCUT2D eigenvalue weighted by Gasteiger charge is -2.16. The first-order chi connectivity index (χ1) is 9.06. The molecule has 1 aromatic carbocycles. The second-order valence-corrected chi connectivity index (χ2v) is 4.68. The largest absolute Gasteiger partial charge is 0.317 e. The molecule has 19 heavy (non-hydrogen) atoms. The van der Waals surface area contributed by atoms with Gasteiger partial charge in [0.15, 0.2) is 0 Å². The van der Waals surface area contributed by atoms with Gasteiger partial charge in [-0.2, -0.15) is 0 Å². The number of anilines is 1. The summed E-state index contributed by atoms with van der Waals surface area (Å²) in [5.41, 5.74) is 0.494. The molecule has 0 unspecified atom stereocenters. The molecular formula is C13H14ClFN2O2. The number of nitrogens with one attached hydrogen (secondary N) is 1. The van der Waals surface area contributed by atoms with Crippen molar-refractivity contribution in [3.05, 3.63) is 28.5 Å². The number of nitrogens with zero attached hydrogens (tertiary/aromatic N) is 1. The average molecular weight is 285 g/mol. The second kappa shape index (κ2) is 5.67. The van der Waals surface area contributed by atoms with E-state index < -0.39 is 17.5 Å². The van der Waals surface area contributed by atoms with Gasteiger partial charge in [0.2, 0.25) is 0 Å². The fraction of sp³-hybridized carbons (Fsp3) is 0.385. The maximum Gasteiger partial charge on any atom is 0.299 e. The zero-order valence-electron chi connectivity index (χ0n) is 10.5. The zero-order chi connectivity index (χ0) is 14.0. The molecule has 0 bridgehead atoms. The van der Waals surface area contributed by atoms with Gasteiger partial charge in [-0.3, -0.25) is 9.59 Å². The van der Waals surface area contributed by atoms with Crippen LogP contribution in [-0.2, 0) is 4.79 Å². The topological polar surface area (TPSA) is 49.4 Å². The molecule has 0 radical (unpaired) electrons. The van der Waals surface area contributed by atoms with Crippen molar-refractivity contribution in [1.82, 2.24) is 5.32 Å². The van der Waals surface area contributed by atoms with Crippen LogP contribution in [0.4, 0.5) is 10.1 Å². The number of benzene rings is 1. The molecule has 0 atom stereocenters. The summed E-state index contributed by atoms with van der Waals surface area (Å²) in [6.45, 7) is 3.94. The van der Waals surface area contributed by atoms with Crippen LogP contribution in [0.15, 0.2) is 12.1 Å². The van der Waals surface area contributed by atoms with Crippen LogP contribution in [0.3, 0.4) is 0 Å². The number of Topliss-reactive ketones (excluding diaryl/α,β-unsaturated/α-hetero) is 1. The van der Waals surface area contributed by atoms with Crippen LogP contribution in [0.25, 0.3) is 0 Å². The van der Waals surface area contributed by atoms with Crippen LogP contribution in [0.1, 0.15) is 23.7 Å². The van der Waals surface area contributed by atoms with Gasteiger partial charge in [-0.25, -0.2) is 4.39 Å². The molecule has 4 nitrogen and oxygen atoms in total. The third kappa shape index (κ3) is 2.62. The average Bonchev–Trinajstić information content (AvgIpc) is 2.60. The predicted molar refractivity (Wildman–Crippen MR) is 71.3 cm³/mol. The van der Waals surface area contributed by atoms with E-state index in [9.17, 15) is 14.0 Å². The maximum absolute atomic E-state index is 13.5. The molecule has 6 heteroatoms. The lowest BCUT2D eigenvalue weighted by atomic mass is 10.1. The van der Waals surface area contributed by atoms with Gasteiger partial charge >= 0.3 is 0 Å². The van der Waals surface area contributed by atoms with E-state index in [0.29, 0.717) is 18.7 Å². The maximum atomic E-state index is 13.5. The van der Waals surface area contributed by atoms with Crippen LogP contribution in [0, 0.1) is 5.82 Å². The molecule has 0 aliphatic carbocycles. The Hall–Kier alpha value is -1.46. The van der Waals surface area contributed by atoms with E-state index in [0.717, 1.165) is 19.2 Å². The van der Waals surface area contributed by atoms with Crippen molar-refractivity contribution < 1.29 is 14.0 Å². The summed E-state index contributed by atoms with van der Waals surface area (Å²) in [5, 5.41) is 2.98. The van der Waals surface area contributed by atoms with Gasteiger partial charge < -0.3 is 10.2 Å². The van der Waals surface area contributed by atoms with Crippen molar-refractivity contribution in [2.24, 2.45) is 0 Å². The number of ketones is 1. The Labute approximate surface area is 115 Å². The molecule has 1 amide bonds. The van der Waals surface area contributed by atoms with Crippen molar-refractivity contribution in [3.8, 4) is 0 Å². The van der Waals surface area contributed by atoms with Gasteiger partial charge in [-0.05, 0) is 31.6 Å². The Morgan fingerprint density at radius 1 is 1.37 bits per heavy atom. The van der Waals surface area contributed by atoms with Crippen LogP contribution in [0.2, 0.25) is 5.02 Å². The molecule has 0 saturated heterocycles. The Balaban J connectivity index is 2.21. The molecule has 0 spiro atoms. The molecule has 1 N–H and O–H groups in total. The minimum atomic E-state index is -0.625. The number of halogens is 2. The van der Waals surface area contributed by atoms with Crippen molar-refractivity contribution in [1.29, 1.82) is 0 Å². The number of rotatable bonds is 5. The minimum absolute atomic E-state index is 0.144. The highest BCUT2D eigenvalue weighted by Crippen LogP contribution is 2.33. The Bertz CT molecular complexity index is 534. The molecule has 2 rings (SSSR count). The standard InChI is InChI=1S/C13H14ClFN2O2/c1-2-16-4-3-5-17-11-7-10(15)9(14)6-8(11)12(18)13(17)19/h6-7,16H,2-5H2,1H3. The van der Waals surface area contributed by atoms with E-state index in [4.69, 9.17) is 11.6 Å². The summed E-state index contributed by atoms with van der Waals surface area (Å²) in [6, 6.07) is 2.37. The third-order valence-corrected chi connectivity index (χ3v) is 3.29. The molecule has 1 aliphatic heterocycles. The van der Waals surface area contributed by atoms with Crippen molar-refractivity contribution in [3.63, 3.8) is 0 Å². The smallest absolute Gasteiger partial charge is 0.299 e. The van der Waals surface area contributed by atoms with Crippen LogP contribution < -0.4 is 10.2 Å².